The van der Waals surface area contributed by atoms with Crippen molar-refractivity contribution in [2.45, 2.75) is 37.8 Å². The number of amides is 3. The molecule has 1 atom stereocenters. The van der Waals surface area contributed by atoms with E-state index in [4.69, 9.17) is 4.42 Å². The van der Waals surface area contributed by atoms with Gasteiger partial charge in [-0.25, -0.2) is 14.8 Å². The number of aromatic nitrogens is 4. The van der Waals surface area contributed by atoms with Crippen LogP contribution in [-0.2, 0) is 24.1 Å². The quantitative estimate of drug-likeness (QED) is 0.585. The van der Waals surface area contributed by atoms with Crippen LogP contribution in [-0.4, -0.2) is 67.9 Å². The Labute approximate surface area is 194 Å². The summed E-state index contributed by atoms with van der Waals surface area (Å²) in [6.45, 7) is 0.871. The number of nitrogens with one attached hydrogen (secondary N) is 2. The van der Waals surface area contributed by atoms with E-state index in [9.17, 15) is 9.59 Å². The highest BCUT2D eigenvalue weighted by Gasteiger charge is 2.33. The van der Waals surface area contributed by atoms with E-state index < -0.39 is 0 Å². The fourth-order valence-corrected chi connectivity index (χ4v) is 4.67. The molecule has 0 bridgehead atoms. The molecule has 1 aliphatic carbocycles. The molecule has 4 heterocycles. The summed E-state index contributed by atoms with van der Waals surface area (Å²) in [7, 11) is 0. The molecule has 1 unspecified atom stereocenters. The molecule has 2 N–H and O–H groups in total. The Balaban J connectivity index is 1.06. The second-order valence-corrected chi connectivity index (χ2v) is 8.70. The van der Waals surface area contributed by atoms with Gasteiger partial charge in [0.15, 0.2) is 0 Å². The van der Waals surface area contributed by atoms with Crippen LogP contribution in [0.3, 0.4) is 0 Å². The zero-order valence-corrected chi connectivity index (χ0v) is 18.3. The first-order valence-corrected chi connectivity index (χ1v) is 11.2. The molecular weight excluding hydrogens is 436 g/mol. The van der Waals surface area contributed by atoms with Crippen molar-refractivity contribution in [3.05, 3.63) is 53.7 Å². The molecule has 172 valence electrons. The Morgan fingerprint density at radius 2 is 1.91 bits per heavy atom. The number of carbonyl (C=O) groups is 2. The molecule has 1 fully saturated rings. The summed E-state index contributed by atoms with van der Waals surface area (Å²) in [5.41, 5.74) is 3.99. The highest BCUT2D eigenvalue weighted by molar-refractivity contribution is 6.07. The van der Waals surface area contributed by atoms with Crippen molar-refractivity contribution in [2.75, 3.05) is 18.4 Å². The smallest absolute Gasteiger partial charge is 0.341 e. The fraction of sp³-hybridized carbons (Fsp3) is 0.348. The Morgan fingerprint density at radius 1 is 1.15 bits per heavy atom. The number of piperidine rings is 1. The minimum atomic E-state index is -0.340. The molecule has 6 rings (SSSR count). The van der Waals surface area contributed by atoms with E-state index in [2.05, 4.69) is 60.1 Å². The number of hydrogen-bond donors (Lipinski definition) is 2. The van der Waals surface area contributed by atoms with Gasteiger partial charge < -0.3 is 20.0 Å². The highest BCUT2D eigenvalue weighted by atomic mass is 16.4. The minimum Gasteiger partial charge on any atom is -0.420 e. The van der Waals surface area contributed by atoms with Crippen LogP contribution in [0.1, 0.15) is 23.4 Å². The summed E-state index contributed by atoms with van der Waals surface area (Å²) < 4.78 is 5.68. The van der Waals surface area contributed by atoms with Crippen LogP contribution in [0, 0.1) is 0 Å². The van der Waals surface area contributed by atoms with E-state index in [-0.39, 0.29) is 42.2 Å². The SMILES string of the molecule is O=C1N=C2CN(C(=O)Cc3nnc(-c4cnc(NC5Cc6ccccc6C5)nc4)o3)CCC2N1. The van der Waals surface area contributed by atoms with E-state index in [1.165, 1.54) is 11.1 Å². The first kappa shape index (κ1) is 20.5. The predicted octanol–water partition coefficient (Wildman–Crippen LogP) is 1.41. The van der Waals surface area contributed by atoms with E-state index in [0.29, 0.717) is 36.7 Å². The van der Waals surface area contributed by atoms with Gasteiger partial charge in [0.1, 0.15) is 6.42 Å². The standard InChI is InChI=1S/C23H22N8O3/c32-20(31-6-5-17-18(12-31)28-23(33)27-17)9-19-29-30-21(34-19)15-10-24-22(25-11-15)26-16-7-13-3-1-2-4-14(13)8-16/h1-4,10-11,16-17H,5-9,12H2,(H,27,33)(H,24,25,26). The molecule has 0 radical (unpaired) electrons. The summed E-state index contributed by atoms with van der Waals surface area (Å²) in [6.07, 6.45) is 5.78. The molecular formula is C23H22N8O3. The van der Waals surface area contributed by atoms with Crippen LogP contribution in [0.25, 0.3) is 11.5 Å². The van der Waals surface area contributed by atoms with Crippen LogP contribution in [0.15, 0.2) is 46.1 Å². The van der Waals surface area contributed by atoms with Gasteiger partial charge in [-0.2, -0.15) is 4.99 Å². The molecule has 1 saturated heterocycles. The Bertz CT molecular complexity index is 1260. The van der Waals surface area contributed by atoms with Crippen LogP contribution < -0.4 is 10.6 Å². The fourth-order valence-electron chi connectivity index (χ4n) is 4.67. The van der Waals surface area contributed by atoms with Crippen LogP contribution in [0.4, 0.5) is 10.7 Å². The Kier molecular flexibility index (Phi) is 5.01. The predicted molar refractivity (Wildman–Crippen MR) is 121 cm³/mol. The van der Waals surface area contributed by atoms with Crippen molar-refractivity contribution in [3.63, 3.8) is 0 Å². The number of anilines is 1. The van der Waals surface area contributed by atoms with Crippen LogP contribution >= 0.6 is 0 Å². The van der Waals surface area contributed by atoms with Gasteiger partial charge >= 0.3 is 6.03 Å². The van der Waals surface area contributed by atoms with Gasteiger partial charge in [-0.3, -0.25) is 4.79 Å². The van der Waals surface area contributed by atoms with Gasteiger partial charge in [-0.05, 0) is 30.4 Å². The molecule has 11 heteroatoms. The lowest BCUT2D eigenvalue weighted by atomic mass is 10.0. The second kappa shape index (κ2) is 8.32. The lowest BCUT2D eigenvalue weighted by molar-refractivity contribution is -0.130. The summed E-state index contributed by atoms with van der Waals surface area (Å²) in [5, 5.41) is 14.2. The van der Waals surface area contributed by atoms with Crippen LogP contribution in [0.2, 0.25) is 0 Å². The van der Waals surface area contributed by atoms with Gasteiger partial charge in [0.25, 0.3) is 5.89 Å². The van der Waals surface area contributed by atoms with Crippen molar-refractivity contribution >= 4 is 23.6 Å². The van der Waals surface area contributed by atoms with E-state index in [0.717, 1.165) is 12.8 Å². The first-order valence-electron chi connectivity index (χ1n) is 11.2. The highest BCUT2D eigenvalue weighted by Crippen LogP contribution is 2.24. The largest absolute Gasteiger partial charge is 0.420 e. The molecule has 2 aliphatic heterocycles. The van der Waals surface area contributed by atoms with E-state index >= 15 is 0 Å². The molecule has 34 heavy (non-hydrogen) atoms. The maximum absolute atomic E-state index is 12.7. The molecule has 0 spiro atoms. The molecule has 3 aromatic rings. The molecule has 0 saturated carbocycles. The molecule has 11 nitrogen and oxygen atoms in total. The summed E-state index contributed by atoms with van der Waals surface area (Å²) in [5.74, 6) is 0.874. The maximum Gasteiger partial charge on any atom is 0.341 e. The van der Waals surface area contributed by atoms with Crippen molar-refractivity contribution in [1.29, 1.82) is 0 Å². The van der Waals surface area contributed by atoms with Crippen molar-refractivity contribution < 1.29 is 14.0 Å². The number of rotatable bonds is 5. The monoisotopic (exact) mass is 458 g/mol. The summed E-state index contributed by atoms with van der Waals surface area (Å²) >= 11 is 0. The number of carbonyl (C=O) groups excluding carboxylic acids is 2. The summed E-state index contributed by atoms with van der Waals surface area (Å²) in [4.78, 5) is 38.5. The molecule has 2 aromatic heterocycles. The van der Waals surface area contributed by atoms with E-state index in [1.54, 1.807) is 17.3 Å². The number of benzene rings is 1. The van der Waals surface area contributed by atoms with Gasteiger partial charge in [-0.1, -0.05) is 24.3 Å². The number of nitrogens with zero attached hydrogens (tertiary/aromatic N) is 6. The third-order valence-electron chi connectivity index (χ3n) is 6.39. The summed E-state index contributed by atoms with van der Waals surface area (Å²) in [6, 6.07) is 8.29. The lowest BCUT2D eigenvalue weighted by Gasteiger charge is -2.30. The number of urea groups is 1. The number of hydrogen-bond acceptors (Lipinski definition) is 8. The normalized spacial score (nSPS) is 19.4. The zero-order valence-electron chi connectivity index (χ0n) is 18.3. The average Bonchev–Trinajstić information content (AvgIpc) is 3.56. The van der Waals surface area contributed by atoms with Crippen molar-refractivity contribution in [3.8, 4) is 11.5 Å². The van der Waals surface area contributed by atoms with Crippen LogP contribution in [0.5, 0.6) is 0 Å². The van der Waals surface area contributed by atoms with Crippen molar-refractivity contribution in [2.24, 2.45) is 4.99 Å². The van der Waals surface area contributed by atoms with Crippen molar-refractivity contribution in [1.82, 2.24) is 30.4 Å². The number of likely N-dealkylation sites (tertiary alicyclic amines) is 1. The third-order valence-corrected chi connectivity index (χ3v) is 6.39. The lowest BCUT2D eigenvalue weighted by Crippen LogP contribution is -2.49. The number of aliphatic imine (C=N–C) groups is 1. The van der Waals surface area contributed by atoms with Gasteiger partial charge in [0, 0.05) is 25.0 Å². The topological polar surface area (TPSA) is 138 Å². The maximum atomic E-state index is 12.7. The zero-order chi connectivity index (χ0) is 23.1. The Morgan fingerprint density at radius 3 is 2.68 bits per heavy atom. The van der Waals surface area contributed by atoms with Gasteiger partial charge in [-0.15, -0.1) is 10.2 Å². The average molecular weight is 458 g/mol. The van der Waals surface area contributed by atoms with Gasteiger partial charge in [0.2, 0.25) is 17.7 Å². The minimum absolute atomic E-state index is 0.0188. The van der Waals surface area contributed by atoms with E-state index in [1.807, 2.05) is 0 Å². The number of fused-ring (bicyclic) bond motifs is 2. The molecule has 3 aliphatic rings. The Hall–Kier alpha value is -4.15. The third kappa shape index (κ3) is 4.00. The molecule has 3 amide bonds. The first-order chi connectivity index (χ1) is 16.6. The second-order valence-electron chi connectivity index (χ2n) is 8.70. The van der Waals surface area contributed by atoms with Gasteiger partial charge in [0.05, 0.1) is 23.9 Å². The molecule has 1 aromatic carbocycles.